The lowest BCUT2D eigenvalue weighted by atomic mass is 9.81. The van der Waals surface area contributed by atoms with Crippen LogP contribution in [0.4, 0.5) is 0 Å². The summed E-state index contributed by atoms with van der Waals surface area (Å²) < 4.78 is 11.6. The third-order valence-corrected chi connectivity index (χ3v) is 4.31. The van der Waals surface area contributed by atoms with Gasteiger partial charge in [-0.25, -0.2) is 0 Å². The van der Waals surface area contributed by atoms with Crippen molar-refractivity contribution < 1.29 is 9.47 Å². The molecule has 1 heterocycles. The van der Waals surface area contributed by atoms with Crippen LogP contribution in [-0.4, -0.2) is 31.5 Å². The fourth-order valence-electron chi connectivity index (χ4n) is 3.30. The van der Waals surface area contributed by atoms with Gasteiger partial charge in [0.15, 0.2) is 0 Å². The van der Waals surface area contributed by atoms with Crippen molar-refractivity contribution in [3.8, 4) is 0 Å². The van der Waals surface area contributed by atoms with Gasteiger partial charge < -0.3 is 15.2 Å². The van der Waals surface area contributed by atoms with Gasteiger partial charge in [0, 0.05) is 19.3 Å². The molecule has 0 aromatic rings. The normalized spacial score (nSPS) is 29.6. The predicted octanol–water partition coefficient (Wildman–Crippen LogP) is 2.48. The summed E-state index contributed by atoms with van der Waals surface area (Å²) in [5.41, 5.74) is 6.45. The second-order valence-electron chi connectivity index (χ2n) is 5.73. The Labute approximate surface area is 105 Å². The number of hydrogen-bond acceptors (Lipinski definition) is 3. The second kappa shape index (κ2) is 6.17. The third-order valence-electron chi connectivity index (χ3n) is 4.31. The number of ether oxygens (including phenoxy) is 2. The van der Waals surface area contributed by atoms with E-state index in [0.717, 1.165) is 32.5 Å². The van der Waals surface area contributed by atoms with Crippen LogP contribution in [0.15, 0.2) is 0 Å². The Hall–Kier alpha value is -0.120. The molecule has 100 valence electrons. The van der Waals surface area contributed by atoms with E-state index in [4.69, 9.17) is 15.2 Å². The first-order chi connectivity index (χ1) is 8.26. The first-order valence-corrected chi connectivity index (χ1v) is 7.23. The predicted molar refractivity (Wildman–Crippen MR) is 69.0 cm³/mol. The van der Waals surface area contributed by atoms with Crippen LogP contribution in [0.2, 0.25) is 0 Å². The minimum absolute atomic E-state index is 0.186. The molecule has 3 heteroatoms. The molecule has 2 atom stereocenters. The molecule has 2 N–H and O–H groups in total. The molecule has 1 aliphatic carbocycles. The topological polar surface area (TPSA) is 44.5 Å². The van der Waals surface area contributed by atoms with E-state index in [2.05, 4.69) is 6.92 Å². The van der Waals surface area contributed by atoms with E-state index >= 15 is 0 Å². The van der Waals surface area contributed by atoms with Gasteiger partial charge in [-0.3, -0.25) is 0 Å². The first kappa shape index (κ1) is 13.3. The lowest BCUT2D eigenvalue weighted by Crippen LogP contribution is -2.45. The van der Waals surface area contributed by atoms with Gasteiger partial charge in [0.2, 0.25) is 0 Å². The summed E-state index contributed by atoms with van der Waals surface area (Å²) in [4.78, 5) is 0. The van der Waals surface area contributed by atoms with Crippen LogP contribution in [0, 0.1) is 5.92 Å². The van der Waals surface area contributed by atoms with Crippen molar-refractivity contribution in [2.75, 3.05) is 19.8 Å². The Bertz CT molecular complexity index is 226. The van der Waals surface area contributed by atoms with Gasteiger partial charge in [0.25, 0.3) is 0 Å². The highest BCUT2D eigenvalue weighted by atomic mass is 16.5. The molecule has 1 saturated carbocycles. The van der Waals surface area contributed by atoms with E-state index in [0.29, 0.717) is 12.5 Å². The lowest BCUT2D eigenvalue weighted by molar-refractivity contribution is -0.0994. The van der Waals surface area contributed by atoms with Gasteiger partial charge in [0.05, 0.1) is 12.2 Å². The van der Waals surface area contributed by atoms with Gasteiger partial charge in [0.1, 0.15) is 0 Å². The van der Waals surface area contributed by atoms with Crippen LogP contribution < -0.4 is 5.73 Å². The average Bonchev–Trinajstić information content (AvgIpc) is 2.77. The van der Waals surface area contributed by atoms with Crippen molar-refractivity contribution in [3.05, 3.63) is 0 Å². The van der Waals surface area contributed by atoms with Gasteiger partial charge in [-0.05, 0) is 38.0 Å². The molecule has 2 rings (SSSR count). The minimum atomic E-state index is 0.186. The summed E-state index contributed by atoms with van der Waals surface area (Å²) in [7, 11) is 0. The molecule has 0 aromatic carbocycles. The molecule has 1 saturated heterocycles. The van der Waals surface area contributed by atoms with Crippen molar-refractivity contribution in [1.82, 2.24) is 0 Å². The Morgan fingerprint density at radius 1 is 1.41 bits per heavy atom. The van der Waals surface area contributed by atoms with E-state index in [-0.39, 0.29) is 11.6 Å². The van der Waals surface area contributed by atoms with Crippen molar-refractivity contribution in [1.29, 1.82) is 0 Å². The summed E-state index contributed by atoms with van der Waals surface area (Å²) in [5.74, 6) is 0.596. The number of rotatable bonds is 5. The van der Waals surface area contributed by atoms with Crippen molar-refractivity contribution in [2.45, 2.75) is 63.5 Å². The van der Waals surface area contributed by atoms with Crippen molar-refractivity contribution >= 4 is 0 Å². The van der Waals surface area contributed by atoms with E-state index in [9.17, 15) is 0 Å². The summed E-state index contributed by atoms with van der Waals surface area (Å²) in [5, 5.41) is 0. The van der Waals surface area contributed by atoms with Gasteiger partial charge in [-0.15, -0.1) is 0 Å². The molecular formula is C14H27NO2. The zero-order chi connectivity index (χ0) is 12.1. The third kappa shape index (κ3) is 3.43. The summed E-state index contributed by atoms with van der Waals surface area (Å²) >= 11 is 0. The van der Waals surface area contributed by atoms with E-state index in [1.165, 1.54) is 25.7 Å². The molecule has 2 aliphatic rings. The van der Waals surface area contributed by atoms with Gasteiger partial charge in [-0.2, -0.15) is 0 Å². The highest BCUT2D eigenvalue weighted by Crippen LogP contribution is 2.42. The number of nitrogens with two attached hydrogens (primary N) is 1. The smallest absolute Gasteiger partial charge is 0.0685 e. The highest BCUT2D eigenvalue weighted by molar-refractivity contribution is 4.93. The van der Waals surface area contributed by atoms with Crippen LogP contribution in [0.3, 0.4) is 0 Å². The Morgan fingerprint density at radius 2 is 2.18 bits per heavy atom. The van der Waals surface area contributed by atoms with Crippen molar-refractivity contribution in [2.24, 2.45) is 11.7 Å². The molecule has 2 unspecified atom stereocenters. The van der Waals surface area contributed by atoms with Gasteiger partial charge >= 0.3 is 0 Å². The average molecular weight is 241 g/mol. The molecular weight excluding hydrogens is 214 g/mol. The standard InChI is InChI=1S/C14H27NO2/c1-2-8-16-11-13(15)12-5-9-17-14(10-12)6-3-4-7-14/h12-13H,2-11,15H2,1H3. The zero-order valence-corrected chi connectivity index (χ0v) is 11.1. The van der Waals surface area contributed by atoms with E-state index in [1.54, 1.807) is 0 Å². The molecule has 0 bridgehead atoms. The molecule has 17 heavy (non-hydrogen) atoms. The summed E-state index contributed by atoms with van der Waals surface area (Å²) in [6.45, 7) is 4.58. The van der Waals surface area contributed by atoms with Crippen LogP contribution in [0.25, 0.3) is 0 Å². The molecule has 1 aliphatic heterocycles. The molecule has 2 fully saturated rings. The second-order valence-corrected chi connectivity index (χ2v) is 5.73. The lowest BCUT2D eigenvalue weighted by Gasteiger charge is -2.40. The van der Waals surface area contributed by atoms with Crippen molar-refractivity contribution in [3.63, 3.8) is 0 Å². The summed E-state index contributed by atoms with van der Waals surface area (Å²) in [6, 6.07) is 0.197. The zero-order valence-electron chi connectivity index (χ0n) is 11.1. The first-order valence-electron chi connectivity index (χ1n) is 7.23. The minimum Gasteiger partial charge on any atom is -0.380 e. The molecule has 0 aromatic heterocycles. The quantitative estimate of drug-likeness (QED) is 0.752. The Kier molecular flexibility index (Phi) is 4.83. The van der Waals surface area contributed by atoms with E-state index < -0.39 is 0 Å². The number of hydrogen-bond donors (Lipinski definition) is 1. The fourth-order valence-corrected chi connectivity index (χ4v) is 3.30. The van der Waals surface area contributed by atoms with Crippen LogP contribution in [0.1, 0.15) is 51.9 Å². The summed E-state index contributed by atoms with van der Waals surface area (Å²) in [6.07, 6.45) is 8.48. The maximum atomic E-state index is 6.26. The SMILES string of the molecule is CCCOCC(N)C1CCOC2(CCCC2)C1. The maximum absolute atomic E-state index is 6.26. The largest absolute Gasteiger partial charge is 0.380 e. The van der Waals surface area contributed by atoms with E-state index in [1.807, 2.05) is 0 Å². The van der Waals surface area contributed by atoms with Crippen LogP contribution in [0.5, 0.6) is 0 Å². The van der Waals surface area contributed by atoms with Crippen LogP contribution >= 0.6 is 0 Å². The molecule has 0 radical (unpaired) electrons. The fraction of sp³-hybridized carbons (Fsp3) is 1.00. The molecule has 3 nitrogen and oxygen atoms in total. The molecule has 1 spiro atoms. The monoisotopic (exact) mass is 241 g/mol. The Balaban J connectivity index is 1.79. The highest BCUT2D eigenvalue weighted by Gasteiger charge is 2.41. The van der Waals surface area contributed by atoms with Crippen LogP contribution in [-0.2, 0) is 9.47 Å². The molecule has 0 amide bonds. The maximum Gasteiger partial charge on any atom is 0.0685 e. The van der Waals surface area contributed by atoms with Gasteiger partial charge in [-0.1, -0.05) is 19.8 Å². The Morgan fingerprint density at radius 3 is 2.88 bits per heavy atom.